The molecule has 0 heterocycles. The summed E-state index contributed by atoms with van der Waals surface area (Å²) in [6, 6.07) is 1.78. The van der Waals surface area contributed by atoms with E-state index in [1.54, 1.807) is 13.0 Å². The third kappa shape index (κ3) is 7.31. The third-order valence-corrected chi connectivity index (χ3v) is 4.09. The molecule has 0 aliphatic carbocycles. The number of hydrogen-bond acceptors (Lipinski definition) is 4. The number of nitrogens with zero attached hydrogens (tertiary/aromatic N) is 1. The van der Waals surface area contributed by atoms with E-state index in [1.165, 1.54) is 0 Å². The Morgan fingerprint density at radius 2 is 1.94 bits per heavy atom. The first-order chi connectivity index (χ1) is 8.08. The molecule has 100 valence electrons. The maximum absolute atomic E-state index is 11.6. The first kappa shape index (κ1) is 16.4. The van der Waals surface area contributed by atoms with E-state index < -0.39 is 15.3 Å². The molecule has 0 radical (unpaired) electrons. The predicted molar refractivity (Wildman–Crippen MR) is 67.0 cm³/mol. The molecule has 1 N–H and O–H groups in total. The molecule has 5 nitrogen and oxygen atoms in total. The lowest BCUT2D eigenvalue weighted by molar-refractivity contribution is 0.130. The minimum Gasteiger partial charge on any atom is -0.381 e. The Kier molecular flexibility index (Phi) is 9.04. The number of nitrogens with one attached hydrogen (secondary N) is 1. The molecule has 0 aromatic heterocycles. The second-order valence-corrected chi connectivity index (χ2v) is 5.73. The van der Waals surface area contributed by atoms with Crippen LogP contribution in [0.15, 0.2) is 0 Å². The maximum Gasteiger partial charge on any atom is 0.227 e. The Balaban J connectivity index is 3.71. The van der Waals surface area contributed by atoms with Gasteiger partial charge in [-0.25, -0.2) is 13.1 Å². The van der Waals surface area contributed by atoms with Crippen molar-refractivity contribution in [3.05, 3.63) is 0 Å². The lowest BCUT2D eigenvalue weighted by atomic mass is 10.4. The lowest BCUT2D eigenvalue weighted by Gasteiger charge is -2.09. The molecule has 0 spiro atoms. The maximum atomic E-state index is 11.6. The molecule has 1 unspecified atom stereocenters. The molecule has 0 aliphatic heterocycles. The molecular weight excluding hydrogens is 240 g/mol. The number of rotatable bonds is 10. The monoisotopic (exact) mass is 262 g/mol. The van der Waals surface area contributed by atoms with Crippen molar-refractivity contribution in [2.24, 2.45) is 0 Å². The summed E-state index contributed by atoms with van der Waals surface area (Å²) in [7, 11) is -3.49. The largest absolute Gasteiger partial charge is 0.381 e. The summed E-state index contributed by atoms with van der Waals surface area (Å²) in [5.74, 6) is 0. The number of ether oxygens (including phenoxy) is 1. The van der Waals surface area contributed by atoms with E-state index in [9.17, 15) is 8.42 Å². The van der Waals surface area contributed by atoms with Gasteiger partial charge in [0.15, 0.2) is 5.25 Å². The first-order valence-electron chi connectivity index (χ1n) is 6.04. The molecule has 0 saturated carbocycles. The van der Waals surface area contributed by atoms with Crippen LogP contribution in [-0.4, -0.2) is 33.4 Å². The van der Waals surface area contributed by atoms with Crippen LogP contribution in [0.5, 0.6) is 0 Å². The molecule has 1 atom stereocenters. The average Bonchev–Trinajstić information content (AvgIpc) is 2.29. The van der Waals surface area contributed by atoms with Crippen molar-refractivity contribution in [1.29, 1.82) is 5.26 Å². The lowest BCUT2D eigenvalue weighted by Crippen LogP contribution is -2.34. The minimum absolute atomic E-state index is 0.304. The standard InChI is InChI=1S/C11H22N2O3S/c1-3-5-8-16-9-6-7-13-17(14,15)11(4-2)10-12/h11,13H,3-9H2,1-2H3. The summed E-state index contributed by atoms with van der Waals surface area (Å²) in [4.78, 5) is 0. The zero-order valence-corrected chi connectivity index (χ0v) is 11.4. The summed E-state index contributed by atoms with van der Waals surface area (Å²) in [6.45, 7) is 5.36. The van der Waals surface area contributed by atoms with Gasteiger partial charge in [-0.15, -0.1) is 0 Å². The first-order valence-corrected chi connectivity index (χ1v) is 7.59. The molecule has 0 saturated heterocycles. The van der Waals surface area contributed by atoms with Crippen LogP contribution >= 0.6 is 0 Å². The molecule has 17 heavy (non-hydrogen) atoms. The van der Waals surface area contributed by atoms with E-state index in [4.69, 9.17) is 10.00 Å². The van der Waals surface area contributed by atoms with Gasteiger partial charge in [-0.3, -0.25) is 0 Å². The fourth-order valence-electron chi connectivity index (χ4n) is 1.22. The highest BCUT2D eigenvalue weighted by Crippen LogP contribution is 2.02. The smallest absolute Gasteiger partial charge is 0.227 e. The van der Waals surface area contributed by atoms with Crippen molar-refractivity contribution in [3.63, 3.8) is 0 Å². The summed E-state index contributed by atoms with van der Waals surface area (Å²) in [5, 5.41) is 7.71. The van der Waals surface area contributed by atoms with Gasteiger partial charge in [0.1, 0.15) is 0 Å². The van der Waals surface area contributed by atoms with Crippen LogP contribution in [0.1, 0.15) is 39.5 Å². The van der Waals surface area contributed by atoms with Crippen LogP contribution < -0.4 is 4.72 Å². The minimum atomic E-state index is -3.49. The molecule has 0 rings (SSSR count). The Hall–Kier alpha value is -0.640. The second-order valence-electron chi connectivity index (χ2n) is 3.78. The van der Waals surface area contributed by atoms with Crippen molar-refractivity contribution in [2.75, 3.05) is 19.8 Å². The Morgan fingerprint density at radius 1 is 1.29 bits per heavy atom. The molecule has 0 fully saturated rings. The fourth-order valence-corrected chi connectivity index (χ4v) is 2.43. The van der Waals surface area contributed by atoms with Crippen LogP contribution in [0.25, 0.3) is 0 Å². The van der Waals surface area contributed by atoms with E-state index in [0.29, 0.717) is 26.0 Å². The summed E-state index contributed by atoms with van der Waals surface area (Å²) < 4.78 is 30.8. The van der Waals surface area contributed by atoms with Crippen LogP contribution in [0.2, 0.25) is 0 Å². The van der Waals surface area contributed by atoms with Gasteiger partial charge in [-0.2, -0.15) is 5.26 Å². The van der Waals surface area contributed by atoms with Gasteiger partial charge in [0.05, 0.1) is 6.07 Å². The summed E-state index contributed by atoms with van der Waals surface area (Å²) in [5.41, 5.74) is 0. The fraction of sp³-hybridized carbons (Fsp3) is 0.909. The highest BCUT2D eigenvalue weighted by atomic mass is 32.2. The Labute approximate surface area is 104 Å². The van der Waals surface area contributed by atoms with Gasteiger partial charge in [0.2, 0.25) is 10.0 Å². The summed E-state index contributed by atoms with van der Waals surface area (Å²) >= 11 is 0. The van der Waals surface area contributed by atoms with Gasteiger partial charge in [0, 0.05) is 19.8 Å². The number of unbranched alkanes of at least 4 members (excludes halogenated alkanes) is 1. The number of hydrogen-bond donors (Lipinski definition) is 1. The molecule has 0 aliphatic rings. The van der Waals surface area contributed by atoms with Crippen LogP contribution in [0.4, 0.5) is 0 Å². The summed E-state index contributed by atoms with van der Waals surface area (Å²) in [6.07, 6.45) is 3.05. The molecule has 0 aromatic carbocycles. The van der Waals surface area contributed by atoms with Crippen LogP contribution in [-0.2, 0) is 14.8 Å². The molecular formula is C11H22N2O3S. The molecule has 0 bridgehead atoms. The van der Waals surface area contributed by atoms with Gasteiger partial charge in [0.25, 0.3) is 0 Å². The van der Waals surface area contributed by atoms with Crippen molar-refractivity contribution in [3.8, 4) is 6.07 Å². The quantitative estimate of drug-likeness (QED) is 0.604. The van der Waals surface area contributed by atoms with E-state index in [2.05, 4.69) is 11.6 Å². The van der Waals surface area contributed by atoms with Crippen LogP contribution in [0.3, 0.4) is 0 Å². The van der Waals surface area contributed by atoms with Gasteiger partial charge < -0.3 is 4.74 Å². The molecule has 6 heteroatoms. The van der Waals surface area contributed by atoms with Crippen LogP contribution in [0, 0.1) is 11.3 Å². The van der Waals surface area contributed by atoms with Gasteiger partial charge >= 0.3 is 0 Å². The topological polar surface area (TPSA) is 79.2 Å². The SMILES string of the molecule is CCCCOCCCNS(=O)(=O)C(C#N)CC. The van der Waals surface area contributed by atoms with E-state index >= 15 is 0 Å². The van der Waals surface area contributed by atoms with E-state index in [0.717, 1.165) is 19.4 Å². The average molecular weight is 262 g/mol. The Bertz CT molecular complexity index is 322. The zero-order valence-electron chi connectivity index (χ0n) is 10.6. The zero-order chi connectivity index (χ0) is 13.1. The highest BCUT2D eigenvalue weighted by Gasteiger charge is 2.22. The number of sulfonamides is 1. The highest BCUT2D eigenvalue weighted by molar-refractivity contribution is 7.90. The third-order valence-electron chi connectivity index (χ3n) is 2.30. The van der Waals surface area contributed by atoms with Crippen molar-refractivity contribution in [2.45, 2.75) is 44.8 Å². The predicted octanol–water partition coefficient (Wildman–Crippen LogP) is 1.41. The number of nitriles is 1. The van der Waals surface area contributed by atoms with Crippen molar-refractivity contribution in [1.82, 2.24) is 4.72 Å². The molecule has 0 amide bonds. The van der Waals surface area contributed by atoms with Gasteiger partial charge in [-0.05, 0) is 19.3 Å². The van der Waals surface area contributed by atoms with Gasteiger partial charge in [-0.1, -0.05) is 20.3 Å². The Morgan fingerprint density at radius 3 is 2.47 bits per heavy atom. The normalized spacial score (nSPS) is 13.2. The van der Waals surface area contributed by atoms with E-state index in [-0.39, 0.29) is 0 Å². The second kappa shape index (κ2) is 9.40. The molecule has 0 aromatic rings. The van der Waals surface area contributed by atoms with E-state index in [1.807, 2.05) is 0 Å². The van der Waals surface area contributed by atoms with Crippen molar-refractivity contribution < 1.29 is 13.2 Å². The van der Waals surface area contributed by atoms with Crippen molar-refractivity contribution >= 4 is 10.0 Å².